The predicted molar refractivity (Wildman–Crippen MR) is 154 cm³/mol. The molecule has 2 atom stereocenters. The Morgan fingerprint density at radius 3 is 2.67 bits per heavy atom. The molecule has 3 aromatic rings. The van der Waals surface area contributed by atoms with Gasteiger partial charge in [-0.3, -0.25) is 9.69 Å². The monoisotopic (exact) mass is 547 g/mol. The number of carbonyl (C=O) groups is 1. The van der Waals surface area contributed by atoms with Crippen LogP contribution in [0.25, 0.3) is 16.2 Å². The second-order valence-corrected chi connectivity index (χ2v) is 11.3. The Labute approximate surface area is 231 Å². The Balaban J connectivity index is 1.01. The Morgan fingerprint density at radius 2 is 1.85 bits per heavy atom. The van der Waals surface area contributed by atoms with Gasteiger partial charge in [-0.05, 0) is 65.7 Å². The standard InChI is InChI=1S/C29H33N5O4S/c35-28(10-9-20-15-25-26(38-19-37-25)16-24(20)31-36)30-17-21-5-1-2-6-22(21)18-33-11-13-34(14-12-33)29-23-7-3-4-8-27(23)39-32-29/h3-4,7-10,15-16,21-22H,1-2,5-6,11-14,17-19H2,(H,30,35)/b10-9+/t21-,22-/m1/s1. The summed E-state index contributed by atoms with van der Waals surface area (Å²) in [6, 6.07) is 11.7. The summed E-state index contributed by atoms with van der Waals surface area (Å²) in [7, 11) is 0. The number of fused-ring (bicyclic) bond motifs is 2. The van der Waals surface area contributed by atoms with E-state index in [9.17, 15) is 9.70 Å². The lowest BCUT2D eigenvalue weighted by molar-refractivity contribution is -0.116. The molecule has 2 aromatic carbocycles. The van der Waals surface area contributed by atoms with Crippen molar-refractivity contribution in [2.75, 3.05) is 51.0 Å². The van der Waals surface area contributed by atoms with Gasteiger partial charge in [0, 0.05) is 62.4 Å². The molecule has 1 N–H and O–H groups in total. The van der Waals surface area contributed by atoms with Crippen LogP contribution in [0.1, 0.15) is 31.2 Å². The summed E-state index contributed by atoms with van der Waals surface area (Å²) in [5.74, 6) is 3.04. The molecule has 204 valence electrons. The van der Waals surface area contributed by atoms with Crippen LogP contribution in [0.5, 0.6) is 11.5 Å². The van der Waals surface area contributed by atoms with Gasteiger partial charge in [-0.2, -0.15) is 4.37 Å². The number of anilines is 1. The van der Waals surface area contributed by atoms with Crippen LogP contribution in [0.2, 0.25) is 0 Å². The first kappa shape index (κ1) is 25.8. The zero-order valence-electron chi connectivity index (χ0n) is 21.9. The number of aromatic nitrogens is 1. The van der Waals surface area contributed by atoms with Crippen molar-refractivity contribution in [2.45, 2.75) is 25.7 Å². The smallest absolute Gasteiger partial charge is 0.244 e. The normalized spacial score (nSPS) is 21.5. The quantitative estimate of drug-likeness (QED) is 0.307. The number of benzene rings is 2. The number of piperazine rings is 1. The molecule has 39 heavy (non-hydrogen) atoms. The summed E-state index contributed by atoms with van der Waals surface area (Å²) < 4.78 is 16.7. The lowest BCUT2D eigenvalue weighted by atomic mass is 9.78. The van der Waals surface area contributed by atoms with E-state index in [0.717, 1.165) is 45.0 Å². The van der Waals surface area contributed by atoms with Crippen LogP contribution in [0.15, 0.2) is 47.7 Å². The van der Waals surface area contributed by atoms with Gasteiger partial charge in [0.05, 0.1) is 4.70 Å². The number of nitrogens with one attached hydrogen (secondary N) is 1. The predicted octanol–water partition coefficient (Wildman–Crippen LogP) is 5.18. The molecule has 1 saturated heterocycles. The van der Waals surface area contributed by atoms with Gasteiger partial charge in [-0.15, -0.1) is 4.91 Å². The third kappa shape index (κ3) is 5.77. The van der Waals surface area contributed by atoms with Crippen LogP contribution < -0.4 is 19.7 Å². The minimum Gasteiger partial charge on any atom is -0.454 e. The molecule has 0 unspecified atom stereocenters. The minimum absolute atomic E-state index is 0.114. The second kappa shape index (κ2) is 11.7. The SMILES string of the molecule is O=Nc1cc2c(cc1/C=C/C(=O)NC[C@H]1CCCC[C@@H]1CN1CCN(c3nsc4ccccc34)CC1)OCO2. The number of nitrogens with zero attached hydrogens (tertiary/aromatic N) is 4. The van der Waals surface area contributed by atoms with Crippen molar-refractivity contribution in [1.29, 1.82) is 0 Å². The first-order chi connectivity index (χ1) is 19.2. The molecule has 2 fully saturated rings. The molecule has 0 radical (unpaired) electrons. The van der Waals surface area contributed by atoms with Crippen LogP contribution in [-0.4, -0.2) is 61.2 Å². The molecule has 0 bridgehead atoms. The third-order valence-electron chi connectivity index (χ3n) is 8.16. The van der Waals surface area contributed by atoms with E-state index in [1.54, 1.807) is 29.7 Å². The van der Waals surface area contributed by atoms with Crippen molar-refractivity contribution in [3.8, 4) is 11.5 Å². The summed E-state index contributed by atoms with van der Waals surface area (Å²) in [4.78, 5) is 28.9. The van der Waals surface area contributed by atoms with Crippen LogP contribution in [0.3, 0.4) is 0 Å². The highest BCUT2D eigenvalue weighted by Crippen LogP contribution is 2.39. The van der Waals surface area contributed by atoms with E-state index in [1.807, 2.05) is 0 Å². The molecule has 2 aliphatic heterocycles. The highest BCUT2D eigenvalue weighted by molar-refractivity contribution is 7.13. The largest absolute Gasteiger partial charge is 0.454 e. The van der Waals surface area contributed by atoms with Crippen LogP contribution in [0, 0.1) is 16.7 Å². The molecule has 1 saturated carbocycles. The van der Waals surface area contributed by atoms with Gasteiger partial charge >= 0.3 is 0 Å². The number of carbonyl (C=O) groups excluding carboxylic acids is 1. The summed E-state index contributed by atoms with van der Waals surface area (Å²) in [6.45, 7) is 5.91. The number of amides is 1. The first-order valence-corrected chi connectivity index (χ1v) is 14.5. The zero-order chi connectivity index (χ0) is 26.6. The van der Waals surface area contributed by atoms with Gasteiger partial charge in [0.1, 0.15) is 11.5 Å². The molecule has 3 aliphatic rings. The fourth-order valence-corrected chi connectivity index (χ4v) is 6.78. The molecule has 6 rings (SSSR count). The maximum absolute atomic E-state index is 12.6. The van der Waals surface area contributed by atoms with Crippen molar-refractivity contribution in [3.63, 3.8) is 0 Å². The van der Waals surface area contributed by atoms with Crippen molar-refractivity contribution in [3.05, 3.63) is 52.9 Å². The minimum atomic E-state index is -0.169. The number of rotatable bonds is 8. The molecule has 9 nitrogen and oxygen atoms in total. The van der Waals surface area contributed by atoms with Crippen LogP contribution in [-0.2, 0) is 4.79 Å². The maximum atomic E-state index is 12.6. The highest BCUT2D eigenvalue weighted by Gasteiger charge is 2.29. The third-order valence-corrected chi connectivity index (χ3v) is 8.98. The Bertz CT molecular complexity index is 1370. The van der Waals surface area contributed by atoms with Crippen LogP contribution in [0.4, 0.5) is 11.5 Å². The van der Waals surface area contributed by atoms with E-state index in [2.05, 4.69) is 44.6 Å². The lowest BCUT2D eigenvalue weighted by Crippen LogP contribution is -2.49. The van der Waals surface area contributed by atoms with Crippen molar-refractivity contribution in [2.24, 2.45) is 17.0 Å². The number of hydrogen-bond acceptors (Lipinski definition) is 9. The molecular weight excluding hydrogens is 514 g/mol. The topological polar surface area (TPSA) is 96.4 Å². The summed E-state index contributed by atoms with van der Waals surface area (Å²) in [6.07, 6.45) is 7.89. The van der Waals surface area contributed by atoms with Gasteiger partial charge < -0.3 is 19.7 Å². The Hall–Kier alpha value is -3.50. The van der Waals surface area contributed by atoms with Crippen molar-refractivity contribution in [1.82, 2.24) is 14.6 Å². The zero-order valence-corrected chi connectivity index (χ0v) is 22.7. The number of ether oxygens (including phenoxy) is 2. The van der Waals surface area contributed by atoms with E-state index in [1.165, 1.54) is 35.4 Å². The molecule has 1 aromatic heterocycles. The van der Waals surface area contributed by atoms with Gasteiger partial charge in [-0.25, -0.2) is 0 Å². The van der Waals surface area contributed by atoms with E-state index in [4.69, 9.17) is 13.8 Å². The summed E-state index contributed by atoms with van der Waals surface area (Å²) >= 11 is 1.58. The Kier molecular flexibility index (Phi) is 7.74. The second-order valence-electron chi connectivity index (χ2n) is 10.5. The maximum Gasteiger partial charge on any atom is 0.244 e. The average Bonchev–Trinajstić information content (AvgIpc) is 3.62. The summed E-state index contributed by atoms with van der Waals surface area (Å²) in [5, 5.41) is 7.42. The van der Waals surface area contributed by atoms with Gasteiger partial charge in [0.25, 0.3) is 0 Å². The highest BCUT2D eigenvalue weighted by atomic mass is 32.1. The molecule has 1 aliphatic carbocycles. The molecular formula is C29H33N5O4S. The Morgan fingerprint density at radius 1 is 1.08 bits per heavy atom. The van der Waals surface area contributed by atoms with Gasteiger partial charge in [-0.1, -0.05) is 25.0 Å². The molecule has 1 amide bonds. The number of hydrogen-bond donors (Lipinski definition) is 1. The number of nitroso groups, excluding NO2 is 1. The van der Waals surface area contributed by atoms with E-state index >= 15 is 0 Å². The van der Waals surface area contributed by atoms with E-state index in [0.29, 0.717) is 35.4 Å². The van der Waals surface area contributed by atoms with E-state index in [-0.39, 0.29) is 18.4 Å². The fourth-order valence-electron chi connectivity index (χ4n) is 5.98. The van der Waals surface area contributed by atoms with Crippen LogP contribution >= 0.6 is 11.5 Å². The average molecular weight is 548 g/mol. The van der Waals surface area contributed by atoms with E-state index < -0.39 is 0 Å². The van der Waals surface area contributed by atoms with Gasteiger partial charge in [0.2, 0.25) is 12.7 Å². The fraction of sp³-hybridized carbons (Fsp3) is 0.448. The van der Waals surface area contributed by atoms with Crippen molar-refractivity contribution >= 4 is 45.1 Å². The van der Waals surface area contributed by atoms with Gasteiger partial charge in [0.15, 0.2) is 11.5 Å². The summed E-state index contributed by atoms with van der Waals surface area (Å²) in [5.41, 5.74) is 0.753. The molecule has 3 heterocycles. The molecule has 0 spiro atoms. The first-order valence-electron chi connectivity index (χ1n) is 13.7. The van der Waals surface area contributed by atoms with Crippen molar-refractivity contribution < 1.29 is 14.3 Å². The molecule has 10 heteroatoms. The lowest BCUT2D eigenvalue weighted by Gasteiger charge is -2.40.